The van der Waals surface area contributed by atoms with Crippen LogP contribution in [0.15, 0.2) is 6.20 Å². The van der Waals surface area contributed by atoms with E-state index in [-0.39, 0.29) is 0 Å². The van der Waals surface area contributed by atoms with Crippen molar-refractivity contribution in [1.29, 1.82) is 0 Å². The summed E-state index contributed by atoms with van der Waals surface area (Å²) in [5.41, 5.74) is 1.11. The SMILES string of the molecule is Cc1cnc(N2CCCOCC2C)[nH]1. The number of imidazole rings is 1. The number of rotatable bonds is 1. The number of nitrogens with one attached hydrogen (secondary N) is 1. The summed E-state index contributed by atoms with van der Waals surface area (Å²) in [5, 5.41) is 0. The summed E-state index contributed by atoms with van der Waals surface area (Å²) in [7, 11) is 0. The van der Waals surface area contributed by atoms with Gasteiger partial charge in [-0.25, -0.2) is 4.98 Å². The average Bonchev–Trinajstić information content (AvgIpc) is 2.46. The molecular weight excluding hydrogens is 178 g/mol. The lowest BCUT2D eigenvalue weighted by molar-refractivity contribution is 0.137. The van der Waals surface area contributed by atoms with Crippen molar-refractivity contribution in [3.63, 3.8) is 0 Å². The number of aromatic amines is 1. The van der Waals surface area contributed by atoms with Crippen molar-refractivity contribution in [2.75, 3.05) is 24.7 Å². The molecule has 0 aromatic carbocycles. The summed E-state index contributed by atoms with van der Waals surface area (Å²) in [6.45, 7) is 6.87. The molecule has 0 aliphatic carbocycles. The molecule has 1 aliphatic heterocycles. The number of nitrogens with zero attached hydrogens (tertiary/aromatic N) is 2. The first-order valence-corrected chi connectivity index (χ1v) is 5.13. The minimum absolute atomic E-state index is 0.406. The van der Waals surface area contributed by atoms with Gasteiger partial charge in [0, 0.05) is 25.0 Å². The Morgan fingerprint density at radius 3 is 3.21 bits per heavy atom. The van der Waals surface area contributed by atoms with Crippen LogP contribution in [-0.4, -0.2) is 35.8 Å². The van der Waals surface area contributed by atoms with Crippen molar-refractivity contribution in [3.8, 4) is 0 Å². The lowest BCUT2D eigenvalue weighted by Gasteiger charge is -2.25. The van der Waals surface area contributed by atoms with Gasteiger partial charge in [0.05, 0.1) is 12.6 Å². The minimum atomic E-state index is 0.406. The molecule has 0 saturated carbocycles. The summed E-state index contributed by atoms with van der Waals surface area (Å²) < 4.78 is 5.48. The topological polar surface area (TPSA) is 41.2 Å². The summed E-state index contributed by atoms with van der Waals surface area (Å²) in [6, 6.07) is 0.406. The van der Waals surface area contributed by atoms with E-state index in [2.05, 4.69) is 21.8 Å². The highest BCUT2D eigenvalue weighted by Crippen LogP contribution is 2.15. The van der Waals surface area contributed by atoms with Gasteiger partial charge < -0.3 is 14.6 Å². The predicted octanol–water partition coefficient (Wildman–Crippen LogP) is 1.33. The number of hydrogen-bond acceptors (Lipinski definition) is 3. The Hall–Kier alpha value is -1.03. The highest BCUT2D eigenvalue weighted by atomic mass is 16.5. The predicted molar refractivity (Wildman–Crippen MR) is 55.6 cm³/mol. The van der Waals surface area contributed by atoms with Gasteiger partial charge in [-0.2, -0.15) is 0 Å². The first kappa shape index (κ1) is 9.52. The molecule has 0 bridgehead atoms. The molecule has 0 spiro atoms. The fourth-order valence-corrected chi connectivity index (χ4v) is 1.76. The average molecular weight is 195 g/mol. The van der Waals surface area contributed by atoms with Crippen molar-refractivity contribution in [2.24, 2.45) is 0 Å². The second-order valence-corrected chi connectivity index (χ2v) is 3.86. The minimum Gasteiger partial charge on any atom is -0.379 e. The third kappa shape index (κ3) is 1.90. The van der Waals surface area contributed by atoms with Crippen molar-refractivity contribution in [2.45, 2.75) is 26.3 Å². The number of aryl methyl sites for hydroxylation is 1. The first-order chi connectivity index (χ1) is 6.77. The number of anilines is 1. The van der Waals surface area contributed by atoms with Crippen LogP contribution >= 0.6 is 0 Å². The standard InChI is InChI=1S/C10H17N3O/c1-8-6-11-10(12-8)13-4-3-5-14-7-9(13)2/h6,9H,3-5,7H2,1-2H3,(H,11,12). The molecule has 1 saturated heterocycles. The largest absolute Gasteiger partial charge is 0.379 e. The van der Waals surface area contributed by atoms with E-state index in [0.717, 1.165) is 37.8 Å². The molecule has 1 atom stereocenters. The van der Waals surface area contributed by atoms with Crippen LogP contribution in [0, 0.1) is 6.92 Å². The van der Waals surface area contributed by atoms with E-state index in [4.69, 9.17) is 4.74 Å². The normalized spacial score (nSPS) is 23.6. The van der Waals surface area contributed by atoms with E-state index in [1.165, 1.54) is 0 Å². The Bertz CT molecular complexity index is 297. The molecule has 1 aromatic rings. The van der Waals surface area contributed by atoms with Gasteiger partial charge in [-0.15, -0.1) is 0 Å². The second kappa shape index (κ2) is 4.00. The maximum atomic E-state index is 5.48. The molecular formula is C10H17N3O. The molecule has 0 radical (unpaired) electrons. The molecule has 1 unspecified atom stereocenters. The zero-order valence-corrected chi connectivity index (χ0v) is 8.79. The van der Waals surface area contributed by atoms with Gasteiger partial charge in [0.15, 0.2) is 0 Å². The Morgan fingerprint density at radius 1 is 1.64 bits per heavy atom. The van der Waals surface area contributed by atoms with Crippen LogP contribution < -0.4 is 4.90 Å². The van der Waals surface area contributed by atoms with Crippen LogP contribution in [0.3, 0.4) is 0 Å². The number of hydrogen-bond donors (Lipinski definition) is 1. The third-order valence-corrected chi connectivity index (χ3v) is 2.54. The van der Waals surface area contributed by atoms with E-state index >= 15 is 0 Å². The van der Waals surface area contributed by atoms with Gasteiger partial charge >= 0.3 is 0 Å². The van der Waals surface area contributed by atoms with Gasteiger partial charge in [-0.05, 0) is 20.3 Å². The fraction of sp³-hybridized carbons (Fsp3) is 0.700. The molecule has 2 rings (SSSR count). The van der Waals surface area contributed by atoms with Gasteiger partial charge in [-0.1, -0.05) is 0 Å². The van der Waals surface area contributed by atoms with E-state index < -0.39 is 0 Å². The van der Waals surface area contributed by atoms with E-state index in [9.17, 15) is 0 Å². The summed E-state index contributed by atoms with van der Waals surface area (Å²) in [4.78, 5) is 9.89. The van der Waals surface area contributed by atoms with Crippen LogP contribution in [0.4, 0.5) is 5.95 Å². The van der Waals surface area contributed by atoms with Crippen molar-refractivity contribution < 1.29 is 4.74 Å². The Kier molecular flexibility index (Phi) is 2.72. The van der Waals surface area contributed by atoms with Crippen LogP contribution in [0.25, 0.3) is 0 Å². The van der Waals surface area contributed by atoms with Crippen LogP contribution in [0.2, 0.25) is 0 Å². The zero-order valence-electron chi connectivity index (χ0n) is 8.79. The molecule has 1 fully saturated rings. The van der Waals surface area contributed by atoms with Crippen LogP contribution in [-0.2, 0) is 4.74 Å². The van der Waals surface area contributed by atoms with Crippen molar-refractivity contribution in [3.05, 3.63) is 11.9 Å². The fourth-order valence-electron chi connectivity index (χ4n) is 1.76. The Balaban J connectivity index is 2.14. The van der Waals surface area contributed by atoms with Crippen molar-refractivity contribution in [1.82, 2.24) is 9.97 Å². The summed E-state index contributed by atoms with van der Waals surface area (Å²) in [6.07, 6.45) is 2.94. The molecule has 2 heterocycles. The summed E-state index contributed by atoms with van der Waals surface area (Å²) in [5.74, 6) is 0.973. The summed E-state index contributed by atoms with van der Waals surface area (Å²) >= 11 is 0. The molecule has 78 valence electrons. The lowest BCUT2D eigenvalue weighted by atomic mass is 10.3. The maximum absolute atomic E-state index is 5.48. The number of H-pyrrole nitrogens is 1. The van der Waals surface area contributed by atoms with Crippen LogP contribution in [0.5, 0.6) is 0 Å². The van der Waals surface area contributed by atoms with Crippen molar-refractivity contribution >= 4 is 5.95 Å². The monoisotopic (exact) mass is 195 g/mol. The van der Waals surface area contributed by atoms with Gasteiger partial charge in [0.2, 0.25) is 5.95 Å². The van der Waals surface area contributed by atoms with Gasteiger partial charge in [0.1, 0.15) is 0 Å². The second-order valence-electron chi connectivity index (χ2n) is 3.86. The molecule has 0 amide bonds. The number of aromatic nitrogens is 2. The zero-order chi connectivity index (χ0) is 9.97. The Labute approximate surface area is 84.3 Å². The third-order valence-electron chi connectivity index (χ3n) is 2.54. The molecule has 1 aromatic heterocycles. The molecule has 4 heteroatoms. The van der Waals surface area contributed by atoms with E-state index in [1.54, 1.807) is 0 Å². The molecule has 1 N–H and O–H groups in total. The lowest BCUT2D eigenvalue weighted by Crippen LogP contribution is -2.35. The number of ether oxygens (including phenoxy) is 1. The molecule has 14 heavy (non-hydrogen) atoms. The first-order valence-electron chi connectivity index (χ1n) is 5.13. The van der Waals surface area contributed by atoms with Crippen LogP contribution in [0.1, 0.15) is 19.0 Å². The molecule has 1 aliphatic rings. The van der Waals surface area contributed by atoms with Gasteiger partial charge in [-0.3, -0.25) is 0 Å². The Morgan fingerprint density at radius 2 is 2.50 bits per heavy atom. The highest BCUT2D eigenvalue weighted by molar-refractivity contribution is 5.32. The highest BCUT2D eigenvalue weighted by Gasteiger charge is 2.19. The smallest absolute Gasteiger partial charge is 0.203 e. The quantitative estimate of drug-likeness (QED) is 0.735. The van der Waals surface area contributed by atoms with Gasteiger partial charge in [0.25, 0.3) is 0 Å². The maximum Gasteiger partial charge on any atom is 0.203 e. The van der Waals surface area contributed by atoms with E-state index in [1.807, 2.05) is 13.1 Å². The molecule has 4 nitrogen and oxygen atoms in total. The van der Waals surface area contributed by atoms with E-state index in [0.29, 0.717) is 6.04 Å².